The highest BCUT2D eigenvalue weighted by atomic mass is 32.2. The summed E-state index contributed by atoms with van der Waals surface area (Å²) in [4.78, 5) is 10.2. The van der Waals surface area contributed by atoms with Crippen LogP contribution in [0, 0.1) is 0 Å². The molecule has 0 saturated carbocycles. The zero-order chi connectivity index (χ0) is 11.3. The van der Waals surface area contributed by atoms with Gasteiger partial charge in [-0.25, -0.2) is 0 Å². The summed E-state index contributed by atoms with van der Waals surface area (Å²) in [5.74, 6) is -1.10. The molecule has 82 valence electrons. The molecule has 1 rings (SSSR count). The van der Waals surface area contributed by atoms with E-state index in [2.05, 4.69) is 4.18 Å². The summed E-state index contributed by atoms with van der Waals surface area (Å²) >= 11 is 0. The standard InChI is InChI=1S/C9H10O5S/c10-9(11)6-7-14-15(12,13)8-4-2-1-3-5-8/h1-5H,6-7H2,(H,10,11). The van der Waals surface area contributed by atoms with Crippen LogP contribution in [-0.2, 0) is 19.1 Å². The van der Waals surface area contributed by atoms with Gasteiger partial charge >= 0.3 is 5.97 Å². The second kappa shape index (κ2) is 4.90. The SMILES string of the molecule is O=C(O)CCOS(=O)(=O)c1ccccc1. The minimum absolute atomic E-state index is 0.0235. The predicted octanol–water partition coefficient (Wildman–Crippen LogP) is 0.867. The Hall–Kier alpha value is -1.40. The van der Waals surface area contributed by atoms with E-state index < -0.39 is 16.1 Å². The van der Waals surface area contributed by atoms with Gasteiger partial charge in [0.05, 0.1) is 17.9 Å². The van der Waals surface area contributed by atoms with Crippen LogP contribution in [0.3, 0.4) is 0 Å². The molecule has 0 aliphatic rings. The van der Waals surface area contributed by atoms with Crippen molar-refractivity contribution in [1.29, 1.82) is 0 Å². The zero-order valence-corrected chi connectivity index (χ0v) is 8.61. The van der Waals surface area contributed by atoms with E-state index in [1.54, 1.807) is 18.2 Å². The van der Waals surface area contributed by atoms with Crippen molar-refractivity contribution in [3.8, 4) is 0 Å². The molecule has 0 aromatic heterocycles. The molecule has 0 fully saturated rings. The minimum Gasteiger partial charge on any atom is -0.481 e. The highest BCUT2D eigenvalue weighted by Gasteiger charge is 2.14. The summed E-state index contributed by atoms with van der Waals surface area (Å²) in [6, 6.07) is 7.57. The fraction of sp³-hybridized carbons (Fsp3) is 0.222. The molecule has 5 nitrogen and oxygen atoms in total. The average Bonchev–Trinajstić information content (AvgIpc) is 2.18. The van der Waals surface area contributed by atoms with Gasteiger partial charge in [0.15, 0.2) is 0 Å². The van der Waals surface area contributed by atoms with Crippen molar-refractivity contribution in [2.75, 3.05) is 6.61 Å². The molecule has 0 spiro atoms. The van der Waals surface area contributed by atoms with E-state index in [1.165, 1.54) is 12.1 Å². The first-order chi connectivity index (χ1) is 7.02. The number of hydrogen-bond donors (Lipinski definition) is 1. The van der Waals surface area contributed by atoms with E-state index in [9.17, 15) is 13.2 Å². The molecule has 1 N–H and O–H groups in total. The fourth-order valence-electron chi connectivity index (χ4n) is 0.894. The summed E-state index contributed by atoms with van der Waals surface area (Å²) in [7, 11) is -3.82. The average molecular weight is 230 g/mol. The third kappa shape index (κ3) is 3.69. The van der Waals surface area contributed by atoms with Crippen LogP contribution in [0.4, 0.5) is 0 Å². The second-order valence-corrected chi connectivity index (χ2v) is 4.35. The first-order valence-electron chi connectivity index (χ1n) is 4.18. The maximum atomic E-state index is 11.4. The van der Waals surface area contributed by atoms with Crippen molar-refractivity contribution < 1.29 is 22.5 Å². The van der Waals surface area contributed by atoms with Gasteiger partial charge in [0, 0.05) is 0 Å². The lowest BCUT2D eigenvalue weighted by Crippen LogP contribution is -2.10. The monoisotopic (exact) mass is 230 g/mol. The van der Waals surface area contributed by atoms with Crippen molar-refractivity contribution in [3.63, 3.8) is 0 Å². The molecule has 15 heavy (non-hydrogen) atoms. The Kier molecular flexibility index (Phi) is 3.81. The van der Waals surface area contributed by atoms with Gasteiger partial charge in [-0.1, -0.05) is 18.2 Å². The van der Waals surface area contributed by atoms with Crippen LogP contribution in [-0.4, -0.2) is 26.1 Å². The molecule has 0 bridgehead atoms. The number of carbonyl (C=O) groups is 1. The van der Waals surface area contributed by atoms with E-state index in [-0.39, 0.29) is 17.9 Å². The van der Waals surface area contributed by atoms with Crippen LogP contribution in [0.5, 0.6) is 0 Å². The van der Waals surface area contributed by atoms with Crippen LogP contribution in [0.1, 0.15) is 6.42 Å². The van der Waals surface area contributed by atoms with E-state index >= 15 is 0 Å². The number of benzene rings is 1. The van der Waals surface area contributed by atoms with Crippen LogP contribution < -0.4 is 0 Å². The lowest BCUT2D eigenvalue weighted by Gasteiger charge is -2.03. The first kappa shape index (κ1) is 11.7. The van der Waals surface area contributed by atoms with Crippen molar-refractivity contribution in [2.45, 2.75) is 11.3 Å². The van der Waals surface area contributed by atoms with Gasteiger partial charge in [0.2, 0.25) is 0 Å². The Labute approximate surface area is 87.4 Å². The number of carboxylic acid groups (broad SMARTS) is 1. The molecule has 1 aromatic rings. The number of carboxylic acids is 1. The maximum absolute atomic E-state index is 11.4. The Bertz CT molecular complexity index is 423. The van der Waals surface area contributed by atoms with Gasteiger partial charge in [-0.15, -0.1) is 0 Å². The summed E-state index contributed by atoms with van der Waals surface area (Å²) < 4.78 is 27.3. The molecule has 1 aromatic carbocycles. The summed E-state index contributed by atoms with van der Waals surface area (Å²) in [5, 5.41) is 8.31. The molecule has 0 amide bonds. The molecule has 0 saturated heterocycles. The van der Waals surface area contributed by atoms with Crippen molar-refractivity contribution in [1.82, 2.24) is 0 Å². The summed E-state index contributed by atoms with van der Waals surface area (Å²) in [5.41, 5.74) is 0. The molecule has 0 aliphatic heterocycles. The van der Waals surface area contributed by atoms with E-state index in [0.29, 0.717) is 0 Å². The molecular formula is C9H10O5S. The van der Waals surface area contributed by atoms with Crippen LogP contribution >= 0.6 is 0 Å². The van der Waals surface area contributed by atoms with Crippen molar-refractivity contribution in [2.24, 2.45) is 0 Å². The molecule has 0 radical (unpaired) electrons. The predicted molar refractivity (Wildman–Crippen MR) is 51.8 cm³/mol. The second-order valence-electron chi connectivity index (χ2n) is 2.73. The quantitative estimate of drug-likeness (QED) is 0.759. The summed E-state index contributed by atoms with van der Waals surface area (Å²) in [6.07, 6.45) is -0.341. The van der Waals surface area contributed by atoms with Gasteiger partial charge in [-0.05, 0) is 12.1 Å². The maximum Gasteiger partial charge on any atom is 0.305 e. The van der Waals surface area contributed by atoms with Gasteiger partial charge in [-0.2, -0.15) is 8.42 Å². The van der Waals surface area contributed by atoms with Gasteiger partial charge < -0.3 is 5.11 Å². The lowest BCUT2D eigenvalue weighted by molar-refractivity contribution is -0.137. The topological polar surface area (TPSA) is 80.7 Å². The Morgan fingerprint density at radius 2 is 1.87 bits per heavy atom. The molecule has 0 atom stereocenters. The molecule has 0 heterocycles. The van der Waals surface area contributed by atoms with E-state index in [1.807, 2.05) is 0 Å². The first-order valence-corrected chi connectivity index (χ1v) is 5.59. The van der Waals surface area contributed by atoms with Crippen LogP contribution in [0.25, 0.3) is 0 Å². The van der Waals surface area contributed by atoms with Gasteiger partial charge in [-0.3, -0.25) is 8.98 Å². The Morgan fingerprint density at radius 1 is 1.27 bits per heavy atom. The highest BCUT2D eigenvalue weighted by Crippen LogP contribution is 2.11. The normalized spacial score (nSPS) is 11.2. The van der Waals surface area contributed by atoms with E-state index in [4.69, 9.17) is 5.11 Å². The van der Waals surface area contributed by atoms with Gasteiger partial charge in [0.25, 0.3) is 10.1 Å². The fourth-order valence-corrected chi connectivity index (χ4v) is 1.82. The van der Waals surface area contributed by atoms with Crippen molar-refractivity contribution >= 4 is 16.1 Å². The smallest absolute Gasteiger partial charge is 0.305 e. The Morgan fingerprint density at radius 3 is 2.40 bits per heavy atom. The van der Waals surface area contributed by atoms with Crippen LogP contribution in [0.2, 0.25) is 0 Å². The number of rotatable bonds is 5. The lowest BCUT2D eigenvalue weighted by atomic mass is 10.4. The van der Waals surface area contributed by atoms with E-state index in [0.717, 1.165) is 0 Å². The third-order valence-corrected chi connectivity index (χ3v) is 2.91. The summed E-state index contributed by atoms with van der Waals surface area (Å²) in [6.45, 7) is -0.355. The zero-order valence-electron chi connectivity index (χ0n) is 7.79. The van der Waals surface area contributed by atoms with Gasteiger partial charge in [0.1, 0.15) is 0 Å². The third-order valence-electron chi connectivity index (χ3n) is 1.59. The van der Waals surface area contributed by atoms with Crippen LogP contribution in [0.15, 0.2) is 35.2 Å². The Balaban J connectivity index is 2.65. The van der Waals surface area contributed by atoms with Crippen molar-refractivity contribution in [3.05, 3.63) is 30.3 Å². The molecular weight excluding hydrogens is 220 g/mol. The molecule has 0 unspecified atom stereocenters. The molecule has 0 aliphatic carbocycles. The largest absolute Gasteiger partial charge is 0.481 e. The molecule has 6 heteroatoms. The number of hydrogen-bond acceptors (Lipinski definition) is 4. The highest BCUT2D eigenvalue weighted by molar-refractivity contribution is 7.86. The minimum atomic E-state index is -3.82. The number of aliphatic carboxylic acids is 1.